The second-order valence-corrected chi connectivity index (χ2v) is 3.34. The minimum Gasteiger partial charge on any atom is -0.465 e. The van der Waals surface area contributed by atoms with Gasteiger partial charge in [0.2, 0.25) is 0 Å². The summed E-state index contributed by atoms with van der Waals surface area (Å²) in [6.45, 7) is 0. The van der Waals surface area contributed by atoms with Crippen molar-refractivity contribution < 1.29 is 13.9 Å². The number of fused-ring (bicyclic) bond motifs is 1. The Labute approximate surface area is 101 Å². The van der Waals surface area contributed by atoms with Gasteiger partial charge in [-0.25, -0.2) is 9.18 Å². The number of hydrogen-bond donors (Lipinski definition) is 0. The summed E-state index contributed by atoms with van der Waals surface area (Å²) in [5.41, 5.74) is 8.56. The van der Waals surface area contributed by atoms with E-state index in [1.54, 1.807) is 0 Å². The van der Waals surface area contributed by atoms with E-state index in [0.29, 0.717) is 0 Å². The van der Waals surface area contributed by atoms with Crippen LogP contribution in [0.3, 0.4) is 0 Å². The van der Waals surface area contributed by atoms with Gasteiger partial charge in [0.1, 0.15) is 11.3 Å². The molecule has 0 unspecified atom stereocenters. The molecule has 0 bridgehead atoms. The highest BCUT2D eigenvalue weighted by Gasteiger charge is 2.16. The number of carbonyl (C=O) groups is 1. The minimum absolute atomic E-state index is 0.00611. The fourth-order valence-corrected chi connectivity index (χ4v) is 1.58. The van der Waals surface area contributed by atoms with Crippen LogP contribution in [-0.4, -0.2) is 18.1 Å². The molecule has 0 radical (unpaired) electrons. The van der Waals surface area contributed by atoms with E-state index in [2.05, 4.69) is 19.7 Å². The number of benzene rings is 1. The summed E-state index contributed by atoms with van der Waals surface area (Å²) in [6.07, 6.45) is 1.13. The molecule has 0 amide bonds. The number of hydrogen-bond acceptors (Lipinski definition) is 4. The number of ether oxygens (including phenoxy) is 1. The number of rotatable bonds is 2. The summed E-state index contributed by atoms with van der Waals surface area (Å²) < 4.78 is 18.1. The lowest BCUT2D eigenvalue weighted by Gasteiger charge is -2.06. The first-order valence-corrected chi connectivity index (χ1v) is 4.89. The van der Waals surface area contributed by atoms with Crippen molar-refractivity contribution in [3.63, 3.8) is 0 Å². The molecule has 6 nitrogen and oxygen atoms in total. The first-order chi connectivity index (χ1) is 8.69. The van der Waals surface area contributed by atoms with Crippen molar-refractivity contribution >= 4 is 22.6 Å². The minimum atomic E-state index is -0.698. The van der Waals surface area contributed by atoms with Gasteiger partial charge in [-0.15, -0.1) is 0 Å². The number of nitrogens with zero attached hydrogens (tertiary/aromatic N) is 4. The Balaban J connectivity index is 2.87. The second-order valence-electron chi connectivity index (χ2n) is 3.34. The van der Waals surface area contributed by atoms with E-state index in [0.717, 1.165) is 6.20 Å². The van der Waals surface area contributed by atoms with Crippen molar-refractivity contribution in [2.24, 2.45) is 5.11 Å². The maximum absolute atomic E-state index is 13.5. The molecule has 0 aliphatic heterocycles. The van der Waals surface area contributed by atoms with Gasteiger partial charge >= 0.3 is 5.97 Å². The molecule has 0 saturated carbocycles. The third-order valence-electron chi connectivity index (χ3n) is 2.37. The normalized spacial score (nSPS) is 9.89. The largest absolute Gasteiger partial charge is 0.465 e. The summed E-state index contributed by atoms with van der Waals surface area (Å²) in [4.78, 5) is 18.0. The first kappa shape index (κ1) is 11.8. The quantitative estimate of drug-likeness (QED) is 0.353. The molecule has 0 N–H and O–H groups in total. The predicted octanol–water partition coefficient (Wildman–Crippen LogP) is 3.10. The Hall–Kier alpha value is -2.66. The van der Waals surface area contributed by atoms with Crippen LogP contribution >= 0.6 is 0 Å². The summed E-state index contributed by atoms with van der Waals surface area (Å²) in [5.74, 6) is -1.26. The van der Waals surface area contributed by atoms with Crippen molar-refractivity contribution in [1.82, 2.24) is 4.98 Å². The fourth-order valence-electron chi connectivity index (χ4n) is 1.58. The average molecular weight is 246 g/mol. The van der Waals surface area contributed by atoms with Gasteiger partial charge in [-0.2, -0.15) is 0 Å². The van der Waals surface area contributed by atoms with E-state index < -0.39 is 11.8 Å². The first-order valence-electron chi connectivity index (χ1n) is 4.89. The lowest BCUT2D eigenvalue weighted by molar-refractivity contribution is 0.0601. The summed E-state index contributed by atoms with van der Waals surface area (Å²) >= 11 is 0. The lowest BCUT2D eigenvalue weighted by Crippen LogP contribution is -2.03. The molecule has 18 heavy (non-hydrogen) atoms. The van der Waals surface area contributed by atoms with E-state index in [9.17, 15) is 9.18 Å². The third kappa shape index (κ3) is 1.83. The zero-order chi connectivity index (χ0) is 13.1. The Morgan fingerprint density at radius 2 is 2.33 bits per heavy atom. The highest BCUT2D eigenvalue weighted by Crippen LogP contribution is 2.30. The van der Waals surface area contributed by atoms with Crippen LogP contribution in [0.5, 0.6) is 0 Å². The van der Waals surface area contributed by atoms with Gasteiger partial charge in [0.25, 0.3) is 0 Å². The molecule has 0 spiro atoms. The number of methoxy groups -OCH3 is 1. The Morgan fingerprint density at radius 3 is 3.00 bits per heavy atom. The zero-order valence-corrected chi connectivity index (χ0v) is 9.29. The topological polar surface area (TPSA) is 88.0 Å². The van der Waals surface area contributed by atoms with Crippen molar-refractivity contribution in [1.29, 1.82) is 0 Å². The van der Waals surface area contributed by atoms with Crippen LogP contribution in [-0.2, 0) is 4.74 Å². The van der Waals surface area contributed by atoms with Crippen molar-refractivity contribution in [3.8, 4) is 0 Å². The second kappa shape index (κ2) is 4.68. The molecular weight excluding hydrogens is 239 g/mol. The Morgan fingerprint density at radius 1 is 1.56 bits per heavy atom. The van der Waals surface area contributed by atoms with Gasteiger partial charge in [-0.3, -0.25) is 4.98 Å². The van der Waals surface area contributed by atoms with Crippen molar-refractivity contribution in [2.45, 2.75) is 0 Å². The van der Waals surface area contributed by atoms with Crippen LogP contribution in [0, 0.1) is 5.82 Å². The molecule has 2 aromatic rings. The molecule has 0 aliphatic carbocycles. The van der Waals surface area contributed by atoms with Gasteiger partial charge in [-0.05, 0) is 11.6 Å². The zero-order valence-electron chi connectivity index (χ0n) is 9.29. The van der Waals surface area contributed by atoms with E-state index >= 15 is 0 Å². The summed E-state index contributed by atoms with van der Waals surface area (Å²) in [6, 6.07) is 4.19. The number of carbonyl (C=O) groups excluding carboxylic acids is 1. The number of azide groups is 1. The van der Waals surface area contributed by atoms with Crippen LogP contribution in [0.25, 0.3) is 21.3 Å². The third-order valence-corrected chi connectivity index (χ3v) is 2.37. The van der Waals surface area contributed by atoms with Crippen LogP contribution < -0.4 is 0 Å². The van der Waals surface area contributed by atoms with E-state index in [4.69, 9.17) is 5.53 Å². The summed E-state index contributed by atoms with van der Waals surface area (Å²) in [5, 5.41) is 3.68. The van der Waals surface area contributed by atoms with E-state index in [1.807, 2.05) is 0 Å². The summed E-state index contributed by atoms with van der Waals surface area (Å²) in [7, 11) is 1.19. The molecule has 0 atom stereocenters. The van der Waals surface area contributed by atoms with Crippen LogP contribution in [0.4, 0.5) is 10.1 Å². The standard InChI is InChI=1S/C11H7FN4O2/c1-18-11(17)7-5-14-10-6(9(7)15-16-13)3-2-4-8(10)12/h2-5H,1H3. The maximum Gasteiger partial charge on any atom is 0.339 e. The van der Waals surface area contributed by atoms with Crippen molar-refractivity contribution in [3.05, 3.63) is 46.2 Å². The van der Waals surface area contributed by atoms with Gasteiger partial charge < -0.3 is 4.74 Å². The molecule has 1 aromatic carbocycles. The number of pyridine rings is 1. The van der Waals surface area contributed by atoms with Gasteiger partial charge in [0, 0.05) is 16.5 Å². The number of esters is 1. The lowest BCUT2D eigenvalue weighted by atomic mass is 10.1. The van der Waals surface area contributed by atoms with E-state index in [1.165, 1.54) is 25.3 Å². The van der Waals surface area contributed by atoms with Crippen LogP contribution in [0.2, 0.25) is 0 Å². The molecule has 7 heteroatoms. The van der Waals surface area contributed by atoms with Crippen molar-refractivity contribution in [2.75, 3.05) is 7.11 Å². The predicted molar refractivity (Wildman–Crippen MR) is 61.8 cm³/mol. The molecular formula is C11H7FN4O2. The Kier molecular flexibility index (Phi) is 3.07. The molecule has 1 heterocycles. The Bertz CT molecular complexity index is 680. The molecule has 90 valence electrons. The maximum atomic E-state index is 13.5. The molecule has 2 rings (SSSR count). The monoisotopic (exact) mass is 246 g/mol. The van der Waals surface area contributed by atoms with Crippen LogP contribution in [0.1, 0.15) is 10.4 Å². The highest BCUT2D eigenvalue weighted by molar-refractivity contribution is 6.03. The van der Waals surface area contributed by atoms with Gasteiger partial charge in [-0.1, -0.05) is 17.2 Å². The fraction of sp³-hybridized carbons (Fsp3) is 0.0909. The molecule has 0 fully saturated rings. The molecule has 0 aliphatic rings. The molecule has 0 saturated heterocycles. The SMILES string of the molecule is COC(=O)c1cnc2c(F)cccc2c1N=[N+]=[N-]. The molecule has 1 aromatic heterocycles. The highest BCUT2D eigenvalue weighted by atomic mass is 19.1. The van der Waals surface area contributed by atoms with Gasteiger partial charge in [0.05, 0.1) is 18.4 Å². The average Bonchev–Trinajstić information content (AvgIpc) is 2.39. The number of halogens is 1. The van der Waals surface area contributed by atoms with Crippen LogP contribution in [0.15, 0.2) is 29.5 Å². The van der Waals surface area contributed by atoms with E-state index in [-0.39, 0.29) is 22.2 Å². The number of para-hydroxylation sites is 1. The smallest absolute Gasteiger partial charge is 0.339 e. The van der Waals surface area contributed by atoms with Gasteiger partial charge in [0.15, 0.2) is 0 Å². The number of aromatic nitrogens is 1.